The van der Waals surface area contributed by atoms with Crippen LogP contribution >= 0.6 is 0 Å². The van der Waals surface area contributed by atoms with Crippen LogP contribution in [0, 0.1) is 0 Å². The lowest BCUT2D eigenvalue weighted by atomic mass is 10.00. The maximum absolute atomic E-state index is 11.7. The van der Waals surface area contributed by atoms with E-state index in [0.717, 1.165) is 5.57 Å². The van der Waals surface area contributed by atoms with Gasteiger partial charge in [0.25, 0.3) is 0 Å². The van der Waals surface area contributed by atoms with Gasteiger partial charge < -0.3 is 25.3 Å². The Morgan fingerprint density at radius 1 is 1.36 bits per heavy atom. The number of fused-ring (bicyclic) bond motifs is 1. The van der Waals surface area contributed by atoms with Gasteiger partial charge in [0.05, 0.1) is 25.6 Å². The largest absolute Gasteiger partial charge is 0.466 e. The van der Waals surface area contributed by atoms with Gasteiger partial charge in [-0.1, -0.05) is 6.08 Å². The summed E-state index contributed by atoms with van der Waals surface area (Å²) in [5.41, 5.74) is 6.19. The number of esters is 1. The van der Waals surface area contributed by atoms with Gasteiger partial charge in [0, 0.05) is 0 Å². The molecule has 2 aliphatic rings. The quantitative estimate of drug-likeness (QED) is 0.693. The van der Waals surface area contributed by atoms with Gasteiger partial charge in [-0.3, -0.25) is 9.59 Å². The van der Waals surface area contributed by atoms with Gasteiger partial charge in [-0.15, -0.1) is 0 Å². The molecule has 0 unspecified atom stereocenters. The van der Waals surface area contributed by atoms with Crippen LogP contribution < -0.4 is 11.1 Å². The average molecular weight is 308 g/mol. The number of carbonyl (C=O) groups is 2. The standard InChI is InChI=1S/C15H20N2O5/c1-2-20-15(19)7-11(17-14(18)8-16)10-3-5-12-13(6-4-10)22-9-21-12/h3,5-6,11H,2,4,7-9,16H2,1H3,(H,17,18)/t11-/m0/s1. The third kappa shape index (κ3) is 4.11. The van der Waals surface area contributed by atoms with E-state index in [1.54, 1.807) is 13.0 Å². The zero-order valence-electron chi connectivity index (χ0n) is 12.5. The van der Waals surface area contributed by atoms with Crippen molar-refractivity contribution < 1.29 is 23.8 Å². The molecule has 7 nitrogen and oxygen atoms in total. The fraction of sp³-hybridized carbons (Fsp3) is 0.467. The average Bonchev–Trinajstić information content (AvgIpc) is 2.85. The van der Waals surface area contributed by atoms with Crippen molar-refractivity contribution in [2.45, 2.75) is 25.8 Å². The summed E-state index contributed by atoms with van der Waals surface area (Å²) in [7, 11) is 0. The monoisotopic (exact) mass is 308 g/mol. The summed E-state index contributed by atoms with van der Waals surface area (Å²) in [5.74, 6) is 0.622. The molecule has 0 spiro atoms. The van der Waals surface area contributed by atoms with Crippen LogP contribution in [0.5, 0.6) is 0 Å². The van der Waals surface area contributed by atoms with E-state index in [-0.39, 0.29) is 31.6 Å². The van der Waals surface area contributed by atoms with Crippen LogP contribution in [0.15, 0.2) is 35.3 Å². The number of nitrogens with two attached hydrogens (primary N) is 1. The lowest BCUT2D eigenvalue weighted by molar-refractivity contribution is -0.143. The minimum Gasteiger partial charge on any atom is -0.466 e. The minimum absolute atomic E-state index is 0.0550. The van der Waals surface area contributed by atoms with Gasteiger partial charge in [-0.25, -0.2) is 0 Å². The zero-order chi connectivity index (χ0) is 15.9. The van der Waals surface area contributed by atoms with Crippen molar-refractivity contribution in [3.63, 3.8) is 0 Å². The second kappa shape index (κ2) is 7.65. The number of nitrogens with one attached hydrogen (secondary N) is 1. The van der Waals surface area contributed by atoms with Crippen molar-refractivity contribution in [3.8, 4) is 0 Å². The van der Waals surface area contributed by atoms with E-state index in [9.17, 15) is 9.59 Å². The Morgan fingerprint density at radius 2 is 2.14 bits per heavy atom. The highest BCUT2D eigenvalue weighted by Crippen LogP contribution is 2.27. The third-order valence-corrected chi connectivity index (χ3v) is 3.29. The van der Waals surface area contributed by atoms with E-state index in [2.05, 4.69) is 5.32 Å². The highest BCUT2D eigenvalue weighted by atomic mass is 16.7. The van der Waals surface area contributed by atoms with Crippen LogP contribution in [-0.4, -0.2) is 37.9 Å². The molecule has 0 aromatic heterocycles. The molecule has 0 aromatic rings. The van der Waals surface area contributed by atoms with Gasteiger partial charge >= 0.3 is 5.97 Å². The van der Waals surface area contributed by atoms with Crippen LogP contribution in [0.4, 0.5) is 0 Å². The number of hydrogen-bond donors (Lipinski definition) is 2. The lowest BCUT2D eigenvalue weighted by Crippen LogP contribution is -2.41. The molecule has 1 fully saturated rings. The van der Waals surface area contributed by atoms with E-state index in [4.69, 9.17) is 19.9 Å². The fourth-order valence-electron chi connectivity index (χ4n) is 2.22. The first-order valence-corrected chi connectivity index (χ1v) is 7.16. The molecular formula is C15H20N2O5. The summed E-state index contributed by atoms with van der Waals surface area (Å²) in [6.45, 7) is 2.10. The van der Waals surface area contributed by atoms with Crippen molar-refractivity contribution in [2.75, 3.05) is 19.9 Å². The SMILES string of the molecule is CCOC(=O)C[C@H](NC(=O)CN)C1=CC=C2OCOC2=CC1. The number of carbonyl (C=O) groups excluding carboxylic acids is 2. The highest BCUT2D eigenvalue weighted by Gasteiger charge is 2.24. The number of ether oxygens (including phenoxy) is 3. The Kier molecular flexibility index (Phi) is 5.60. The summed E-state index contributed by atoms with van der Waals surface area (Å²) in [6, 6.07) is -0.470. The summed E-state index contributed by atoms with van der Waals surface area (Å²) in [6.07, 6.45) is 6.06. The van der Waals surface area contributed by atoms with Gasteiger partial charge in [0.15, 0.2) is 11.5 Å². The van der Waals surface area contributed by atoms with E-state index in [1.165, 1.54) is 0 Å². The van der Waals surface area contributed by atoms with E-state index in [0.29, 0.717) is 24.5 Å². The number of hydrogen-bond acceptors (Lipinski definition) is 6. The second-order valence-electron chi connectivity index (χ2n) is 4.78. The number of rotatable bonds is 6. The summed E-state index contributed by atoms with van der Waals surface area (Å²) < 4.78 is 15.6. The first-order valence-electron chi connectivity index (χ1n) is 7.16. The molecule has 1 amide bonds. The smallest absolute Gasteiger partial charge is 0.308 e. The Bertz CT molecular complexity index is 536. The van der Waals surface area contributed by atoms with Crippen LogP contribution in [0.25, 0.3) is 0 Å². The molecule has 1 heterocycles. The molecule has 0 aromatic carbocycles. The molecule has 1 aliphatic heterocycles. The Morgan fingerprint density at radius 3 is 2.86 bits per heavy atom. The molecule has 1 aliphatic carbocycles. The molecule has 120 valence electrons. The van der Waals surface area contributed by atoms with Crippen LogP contribution in [-0.2, 0) is 23.8 Å². The van der Waals surface area contributed by atoms with Crippen molar-refractivity contribution in [2.24, 2.45) is 5.73 Å². The molecule has 0 bridgehead atoms. The zero-order valence-corrected chi connectivity index (χ0v) is 12.5. The van der Waals surface area contributed by atoms with Crippen molar-refractivity contribution in [1.29, 1.82) is 0 Å². The molecule has 3 N–H and O–H groups in total. The van der Waals surface area contributed by atoms with Crippen LogP contribution in [0.2, 0.25) is 0 Å². The molecular weight excluding hydrogens is 288 g/mol. The predicted octanol–water partition coefficient (Wildman–Crippen LogP) is 0.485. The first kappa shape index (κ1) is 16.1. The summed E-state index contributed by atoms with van der Waals surface area (Å²) >= 11 is 0. The maximum Gasteiger partial charge on any atom is 0.308 e. The van der Waals surface area contributed by atoms with Crippen molar-refractivity contribution in [3.05, 3.63) is 35.3 Å². The fourth-order valence-corrected chi connectivity index (χ4v) is 2.22. The Balaban J connectivity index is 2.13. The maximum atomic E-state index is 11.7. The van der Waals surface area contributed by atoms with E-state index < -0.39 is 6.04 Å². The highest BCUT2D eigenvalue weighted by molar-refractivity contribution is 5.80. The van der Waals surface area contributed by atoms with Crippen LogP contribution in [0.1, 0.15) is 19.8 Å². The predicted molar refractivity (Wildman–Crippen MR) is 78.1 cm³/mol. The molecule has 0 radical (unpaired) electrons. The lowest BCUT2D eigenvalue weighted by Gasteiger charge is -2.20. The molecule has 1 saturated heterocycles. The molecule has 1 atom stereocenters. The topological polar surface area (TPSA) is 99.9 Å². The van der Waals surface area contributed by atoms with Gasteiger partial charge in [-0.05, 0) is 31.1 Å². The molecule has 7 heteroatoms. The normalized spacial score (nSPS) is 17.6. The molecule has 0 saturated carbocycles. The summed E-state index contributed by atoms with van der Waals surface area (Å²) in [4.78, 5) is 23.3. The van der Waals surface area contributed by atoms with Crippen molar-refractivity contribution in [1.82, 2.24) is 5.32 Å². The van der Waals surface area contributed by atoms with Crippen LogP contribution in [0.3, 0.4) is 0 Å². The Labute approximate surface area is 128 Å². The number of allylic oxidation sites excluding steroid dienone is 3. The summed E-state index contributed by atoms with van der Waals surface area (Å²) in [5, 5.41) is 2.75. The van der Waals surface area contributed by atoms with Gasteiger partial charge in [0.2, 0.25) is 12.7 Å². The number of amides is 1. The van der Waals surface area contributed by atoms with E-state index in [1.807, 2.05) is 12.2 Å². The van der Waals surface area contributed by atoms with Gasteiger partial charge in [0.1, 0.15) is 0 Å². The molecule has 22 heavy (non-hydrogen) atoms. The Hall–Kier alpha value is -2.28. The van der Waals surface area contributed by atoms with Gasteiger partial charge in [-0.2, -0.15) is 0 Å². The minimum atomic E-state index is -0.470. The second-order valence-corrected chi connectivity index (χ2v) is 4.78. The first-order chi connectivity index (χ1) is 10.6. The van der Waals surface area contributed by atoms with Crippen molar-refractivity contribution >= 4 is 11.9 Å². The third-order valence-electron chi connectivity index (χ3n) is 3.29. The molecule has 2 rings (SSSR count). The van der Waals surface area contributed by atoms with E-state index >= 15 is 0 Å².